The number of rotatable bonds is 3. The zero-order valence-corrected chi connectivity index (χ0v) is 16.4. The lowest BCUT2D eigenvalue weighted by Crippen LogP contribution is -2.35. The molecule has 2 amide bonds. The van der Waals surface area contributed by atoms with Crippen molar-refractivity contribution in [2.45, 2.75) is 50.5 Å². The van der Waals surface area contributed by atoms with Crippen molar-refractivity contribution >= 4 is 22.6 Å². The van der Waals surface area contributed by atoms with Gasteiger partial charge < -0.3 is 15.4 Å². The van der Waals surface area contributed by atoms with Gasteiger partial charge in [0, 0.05) is 17.4 Å². The molecule has 2 aliphatic rings. The Morgan fingerprint density at radius 1 is 1.03 bits per heavy atom. The molecule has 5 rings (SSSR count). The first-order valence-corrected chi connectivity index (χ1v) is 10.5. The van der Waals surface area contributed by atoms with Crippen LogP contribution in [0.15, 0.2) is 42.6 Å². The molecule has 29 heavy (non-hydrogen) atoms. The van der Waals surface area contributed by atoms with Gasteiger partial charge in [0.1, 0.15) is 5.75 Å². The fraction of sp³-hybridized carbons (Fsp3) is 0.391. The topological polar surface area (TPSA) is 79.0 Å². The van der Waals surface area contributed by atoms with Crippen LogP contribution in [0.3, 0.4) is 0 Å². The number of H-pyrrole nitrogens is 1. The normalized spacial score (nSPS) is 19.4. The Morgan fingerprint density at radius 2 is 1.86 bits per heavy atom. The van der Waals surface area contributed by atoms with E-state index in [1.165, 1.54) is 37.7 Å². The second-order valence-electron chi connectivity index (χ2n) is 8.03. The highest BCUT2D eigenvalue weighted by Crippen LogP contribution is 2.42. The van der Waals surface area contributed by atoms with Crippen molar-refractivity contribution in [3.8, 4) is 5.75 Å². The zero-order chi connectivity index (χ0) is 19.6. The van der Waals surface area contributed by atoms with E-state index < -0.39 is 0 Å². The number of aromatic nitrogens is 2. The number of hydrogen-bond donors (Lipinski definition) is 3. The molecule has 1 aliphatic carbocycles. The van der Waals surface area contributed by atoms with Crippen LogP contribution in [0.2, 0.25) is 0 Å². The summed E-state index contributed by atoms with van der Waals surface area (Å²) < 4.78 is 6.10. The highest BCUT2D eigenvalue weighted by molar-refractivity contribution is 6.00. The molecular weight excluding hydrogens is 364 g/mol. The molecule has 0 spiro atoms. The highest BCUT2D eigenvalue weighted by atomic mass is 16.5. The van der Waals surface area contributed by atoms with Gasteiger partial charge in [-0.3, -0.25) is 5.10 Å². The summed E-state index contributed by atoms with van der Waals surface area (Å²) in [4.78, 5) is 12.7. The van der Waals surface area contributed by atoms with Gasteiger partial charge in [-0.2, -0.15) is 5.10 Å². The summed E-state index contributed by atoms with van der Waals surface area (Å²) in [6.07, 6.45) is 8.87. The van der Waals surface area contributed by atoms with Crippen LogP contribution in [0.4, 0.5) is 10.5 Å². The Kier molecular flexibility index (Phi) is 4.84. The molecule has 2 heterocycles. The van der Waals surface area contributed by atoms with Crippen LogP contribution in [0.25, 0.3) is 10.9 Å². The summed E-state index contributed by atoms with van der Waals surface area (Å²) in [5.41, 5.74) is 4.06. The van der Waals surface area contributed by atoms with E-state index in [0.29, 0.717) is 12.5 Å². The van der Waals surface area contributed by atoms with E-state index in [1.807, 2.05) is 18.2 Å². The SMILES string of the molecule is O=C(Nc1cccc2[nH]ncc12)NC1CCOc2c(C3CCCCC3)cccc21. The maximum Gasteiger partial charge on any atom is 0.319 e. The maximum absolute atomic E-state index is 12.7. The molecule has 6 heteroatoms. The van der Waals surface area contributed by atoms with Crippen molar-refractivity contribution in [1.82, 2.24) is 15.5 Å². The summed E-state index contributed by atoms with van der Waals surface area (Å²) in [7, 11) is 0. The van der Waals surface area contributed by atoms with Crippen molar-refractivity contribution in [1.29, 1.82) is 0 Å². The third-order valence-corrected chi connectivity index (χ3v) is 6.19. The lowest BCUT2D eigenvalue weighted by atomic mass is 9.82. The Labute approximate surface area is 170 Å². The monoisotopic (exact) mass is 390 g/mol. The summed E-state index contributed by atoms with van der Waals surface area (Å²) in [6.45, 7) is 0.624. The average Bonchev–Trinajstić information content (AvgIpc) is 3.24. The number of nitrogens with zero attached hydrogens (tertiary/aromatic N) is 1. The third kappa shape index (κ3) is 3.55. The number of nitrogens with one attached hydrogen (secondary N) is 3. The van der Waals surface area contributed by atoms with Crippen LogP contribution in [-0.2, 0) is 0 Å². The molecule has 1 atom stereocenters. The van der Waals surface area contributed by atoms with Crippen molar-refractivity contribution in [3.63, 3.8) is 0 Å². The first-order chi connectivity index (χ1) is 14.3. The molecule has 1 aliphatic heterocycles. The number of amides is 2. The molecule has 1 aromatic heterocycles. The number of urea groups is 1. The minimum absolute atomic E-state index is 0.0501. The molecule has 3 N–H and O–H groups in total. The molecule has 0 radical (unpaired) electrons. The smallest absolute Gasteiger partial charge is 0.319 e. The molecule has 150 valence electrons. The Bertz CT molecular complexity index is 1020. The number of ether oxygens (including phenoxy) is 1. The fourth-order valence-corrected chi connectivity index (χ4v) is 4.73. The number of fused-ring (bicyclic) bond motifs is 2. The van der Waals surface area contributed by atoms with Gasteiger partial charge in [-0.05, 0) is 36.5 Å². The van der Waals surface area contributed by atoms with E-state index in [1.54, 1.807) is 6.20 Å². The minimum atomic E-state index is -0.209. The lowest BCUT2D eigenvalue weighted by Gasteiger charge is -2.31. The molecular formula is C23H26N4O2. The summed E-state index contributed by atoms with van der Waals surface area (Å²) in [5.74, 6) is 1.57. The van der Waals surface area contributed by atoms with Crippen molar-refractivity contribution in [2.24, 2.45) is 0 Å². The standard InChI is InChI=1S/C23H26N4O2/c28-23(25-19-10-5-11-21-18(19)14-24-27-21)26-20-12-13-29-22-16(8-4-9-17(20)22)15-6-2-1-3-7-15/h4-5,8-11,14-15,20H,1-3,6-7,12-13H2,(H,24,27)(H2,25,26,28). The summed E-state index contributed by atoms with van der Waals surface area (Å²) in [5, 5.41) is 14.0. The van der Waals surface area contributed by atoms with Gasteiger partial charge in [0.05, 0.1) is 30.0 Å². The van der Waals surface area contributed by atoms with E-state index in [9.17, 15) is 4.79 Å². The van der Waals surface area contributed by atoms with Crippen LogP contribution in [0.1, 0.15) is 61.6 Å². The van der Waals surface area contributed by atoms with Crippen molar-refractivity contribution in [2.75, 3.05) is 11.9 Å². The quantitative estimate of drug-likeness (QED) is 0.571. The van der Waals surface area contributed by atoms with E-state index in [-0.39, 0.29) is 12.1 Å². The van der Waals surface area contributed by atoms with Gasteiger partial charge >= 0.3 is 6.03 Å². The number of benzene rings is 2. The van der Waals surface area contributed by atoms with Crippen molar-refractivity contribution in [3.05, 3.63) is 53.7 Å². The molecule has 0 saturated heterocycles. The second-order valence-corrected chi connectivity index (χ2v) is 8.03. The maximum atomic E-state index is 12.7. The average molecular weight is 390 g/mol. The van der Waals surface area contributed by atoms with Crippen LogP contribution in [0.5, 0.6) is 5.75 Å². The molecule has 6 nitrogen and oxygen atoms in total. The molecule has 1 fully saturated rings. The molecule has 1 unspecified atom stereocenters. The highest BCUT2D eigenvalue weighted by Gasteiger charge is 2.28. The largest absolute Gasteiger partial charge is 0.493 e. The third-order valence-electron chi connectivity index (χ3n) is 6.19. The number of hydrogen-bond acceptors (Lipinski definition) is 3. The van der Waals surface area contributed by atoms with Crippen LogP contribution in [0, 0.1) is 0 Å². The van der Waals surface area contributed by atoms with E-state index in [2.05, 4.69) is 39.0 Å². The van der Waals surface area contributed by atoms with E-state index in [4.69, 9.17) is 4.74 Å². The van der Waals surface area contributed by atoms with Gasteiger partial charge in [-0.15, -0.1) is 0 Å². The first kappa shape index (κ1) is 18.0. The summed E-state index contributed by atoms with van der Waals surface area (Å²) in [6, 6.07) is 11.9. The van der Waals surface area contributed by atoms with E-state index in [0.717, 1.165) is 34.3 Å². The predicted octanol–water partition coefficient (Wildman–Crippen LogP) is 5.26. The molecule has 2 aromatic carbocycles. The van der Waals surface area contributed by atoms with Crippen LogP contribution >= 0.6 is 0 Å². The molecule has 0 bridgehead atoms. The number of aromatic amines is 1. The van der Waals surface area contributed by atoms with Gasteiger partial charge in [-0.25, -0.2) is 4.79 Å². The number of carbonyl (C=O) groups is 1. The van der Waals surface area contributed by atoms with Crippen LogP contribution in [-0.4, -0.2) is 22.8 Å². The minimum Gasteiger partial charge on any atom is -0.493 e. The first-order valence-electron chi connectivity index (χ1n) is 10.5. The van der Waals surface area contributed by atoms with Gasteiger partial charge in [0.15, 0.2) is 0 Å². The number of para-hydroxylation sites is 1. The number of anilines is 1. The predicted molar refractivity (Wildman–Crippen MR) is 113 cm³/mol. The van der Waals surface area contributed by atoms with Crippen LogP contribution < -0.4 is 15.4 Å². The second kappa shape index (κ2) is 7.78. The lowest BCUT2D eigenvalue weighted by molar-refractivity contribution is 0.230. The molecule has 1 saturated carbocycles. The summed E-state index contributed by atoms with van der Waals surface area (Å²) >= 11 is 0. The molecule has 3 aromatic rings. The number of carbonyl (C=O) groups excluding carboxylic acids is 1. The van der Waals surface area contributed by atoms with E-state index >= 15 is 0 Å². The van der Waals surface area contributed by atoms with Crippen molar-refractivity contribution < 1.29 is 9.53 Å². The Balaban J connectivity index is 1.35. The Hall–Kier alpha value is -3.02. The van der Waals surface area contributed by atoms with Gasteiger partial charge in [0.25, 0.3) is 0 Å². The van der Waals surface area contributed by atoms with Gasteiger partial charge in [-0.1, -0.05) is 43.5 Å². The Morgan fingerprint density at radius 3 is 2.76 bits per heavy atom. The van der Waals surface area contributed by atoms with Gasteiger partial charge in [0.2, 0.25) is 0 Å². The zero-order valence-electron chi connectivity index (χ0n) is 16.4. The fourth-order valence-electron chi connectivity index (χ4n) is 4.73.